The van der Waals surface area contributed by atoms with E-state index in [2.05, 4.69) is 4.98 Å². The number of benzene rings is 1. The Bertz CT molecular complexity index is 546. The number of nitrogens with zero attached hydrogens (tertiary/aromatic N) is 1. The molecule has 0 fully saturated rings. The summed E-state index contributed by atoms with van der Waals surface area (Å²) in [7, 11) is 1.66. The standard InChI is InChI=1S/C15H20N2O3/c1-18-9-10-19-7-2-8-20-15-4-3-14(16)12-5-6-17-11-13(12)15/h3-6,11H,2,7-10,16H2,1H3. The van der Waals surface area contributed by atoms with Gasteiger partial charge in [-0.15, -0.1) is 0 Å². The topological polar surface area (TPSA) is 66.6 Å². The van der Waals surface area contributed by atoms with Crippen LogP contribution in [0.2, 0.25) is 0 Å². The molecule has 0 saturated carbocycles. The summed E-state index contributed by atoms with van der Waals surface area (Å²) in [5.41, 5.74) is 6.67. The third kappa shape index (κ3) is 3.82. The second-order valence-electron chi connectivity index (χ2n) is 4.38. The minimum Gasteiger partial charge on any atom is -0.493 e. The van der Waals surface area contributed by atoms with E-state index in [-0.39, 0.29) is 0 Å². The van der Waals surface area contributed by atoms with E-state index in [0.29, 0.717) is 26.4 Å². The molecule has 0 bridgehead atoms. The van der Waals surface area contributed by atoms with Crippen LogP contribution in [0.5, 0.6) is 5.75 Å². The van der Waals surface area contributed by atoms with Gasteiger partial charge in [-0.1, -0.05) is 0 Å². The van der Waals surface area contributed by atoms with Crippen LogP contribution in [0.4, 0.5) is 5.69 Å². The van der Waals surface area contributed by atoms with E-state index in [4.69, 9.17) is 19.9 Å². The van der Waals surface area contributed by atoms with Crippen LogP contribution in [0.15, 0.2) is 30.6 Å². The average molecular weight is 276 g/mol. The molecule has 2 rings (SSSR count). The zero-order valence-corrected chi connectivity index (χ0v) is 11.7. The predicted octanol–water partition coefficient (Wildman–Crippen LogP) is 2.25. The van der Waals surface area contributed by atoms with Crippen molar-refractivity contribution >= 4 is 16.5 Å². The molecule has 0 radical (unpaired) electrons. The summed E-state index contributed by atoms with van der Waals surface area (Å²) >= 11 is 0. The van der Waals surface area contributed by atoms with Gasteiger partial charge in [0.15, 0.2) is 0 Å². The lowest BCUT2D eigenvalue weighted by Crippen LogP contribution is -2.07. The van der Waals surface area contributed by atoms with Gasteiger partial charge >= 0.3 is 0 Å². The van der Waals surface area contributed by atoms with Crippen LogP contribution in [0.3, 0.4) is 0 Å². The van der Waals surface area contributed by atoms with Crippen LogP contribution in [0.25, 0.3) is 10.8 Å². The molecule has 1 aromatic heterocycles. The highest BCUT2D eigenvalue weighted by molar-refractivity contribution is 5.96. The van der Waals surface area contributed by atoms with Crippen molar-refractivity contribution in [2.45, 2.75) is 6.42 Å². The van der Waals surface area contributed by atoms with Gasteiger partial charge < -0.3 is 19.9 Å². The van der Waals surface area contributed by atoms with Crippen molar-refractivity contribution < 1.29 is 14.2 Å². The first-order chi connectivity index (χ1) is 9.83. The molecule has 1 aromatic carbocycles. The number of pyridine rings is 1. The number of rotatable bonds is 8. The highest BCUT2D eigenvalue weighted by Gasteiger charge is 2.04. The van der Waals surface area contributed by atoms with Crippen molar-refractivity contribution in [1.82, 2.24) is 4.98 Å². The summed E-state index contributed by atoms with van der Waals surface area (Å²) in [6, 6.07) is 5.63. The molecule has 0 saturated heterocycles. The molecule has 0 amide bonds. The minimum atomic E-state index is 0.598. The molecule has 0 aliphatic rings. The maximum atomic E-state index is 5.93. The molecular weight excluding hydrogens is 256 g/mol. The molecule has 0 aliphatic heterocycles. The lowest BCUT2D eigenvalue weighted by atomic mass is 10.1. The number of hydrogen-bond donors (Lipinski definition) is 1. The molecule has 0 unspecified atom stereocenters. The van der Waals surface area contributed by atoms with Crippen LogP contribution in [-0.2, 0) is 9.47 Å². The number of fused-ring (bicyclic) bond motifs is 1. The second kappa shape index (κ2) is 7.67. The molecule has 0 aliphatic carbocycles. The molecule has 5 heteroatoms. The van der Waals surface area contributed by atoms with E-state index in [0.717, 1.165) is 28.6 Å². The minimum absolute atomic E-state index is 0.598. The summed E-state index contributed by atoms with van der Waals surface area (Å²) in [4.78, 5) is 4.12. The summed E-state index contributed by atoms with van der Waals surface area (Å²) in [5.74, 6) is 0.805. The number of nitrogens with two attached hydrogens (primary N) is 1. The Morgan fingerprint density at radius 2 is 1.95 bits per heavy atom. The lowest BCUT2D eigenvalue weighted by Gasteiger charge is -2.10. The van der Waals surface area contributed by atoms with Crippen molar-refractivity contribution in [3.63, 3.8) is 0 Å². The number of ether oxygens (including phenoxy) is 3. The maximum Gasteiger partial charge on any atom is 0.128 e. The van der Waals surface area contributed by atoms with Crippen LogP contribution in [-0.4, -0.2) is 38.5 Å². The van der Waals surface area contributed by atoms with E-state index >= 15 is 0 Å². The molecule has 0 atom stereocenters. The summed E-state index contributed by atoms with van der Waals surface area (Å²) in [5, 5.41) is 1.90. The Kier molecular flexibility index (Phi) is 5.58. The van der Waals surface area contributed by atoms with E-state index in [1.165, 1.54) is 0 Å². The Labute approximate surface area is 118 Å². The second-order valence-corrected chi connectivity index (χ2v) is 4.38. The Morgan fingerprint density at radius 1 is 1.05 bits per heavy atom. The van der Waals surface area contributed by atoms with Crippen LogP contribution >= 0.6 is 0 Å². The molecule has 5 nitrogen and oxygen atoms in total. The number of aromatic nitrogens is 1. The SMILES string of the molecule is COCCOCCCOc1ccc(N)c2ccncc12. The monoisotopic (exact) mass is 276 g/mol. The number of anilines is 1. The molecule has 1 heterocycles. The van der Waals surface area contributed by atoms with Crippen LogP contribution in [0, 0.1) is 0 Å². The largest absolute Gasteiger partial charge is 0.493 e. The van der Waals surface area contributed by atoms with Gasteiger partial charge in [-0.05, 0) is 18.2 Å². The van der Waals surface area contributed by atoms with Gasteiger partial charge in [0.05, 0.1) is 19.8 Å². The van der Waals surface area contributed by atoms with E-state index in [1.807, 2.05) is 18.2 Å². The van der Waals surface area contributed by atoms with Gasteiger partial charge in [-0.3, -0.25) is 4.98 Å². The van der Waals surface area contributed by atoms with Gasteiger partial charge in [-0.25, -0.2) is 0 Å². The fourth-order valence-electron chi connectivity index (χ4n) is 1.90. The summed E-state index contributed by atoms with van der Waals surface area (Å²) in [6.07, 6.45) is 4.33. The maximum absolute atomic E-state index is 5.93. The van der Waals surface area contributed by atoms with Gasteiger partial charge in [0.25, 0.3) is 0 Å². The van der Waals surface area contributed by atoms with Gasteiger partial charge in [0.1, 0.15) is 5.75 Å². The molecule has 2 N–H and O–H groups in total. The van der Waals surface area contributed by atoms with Crippen molar-refractivity contribution in [3.05, 3.63) is 30.6 Å². The Morgan fingerprint density at radius 3 is 2.80 bits per heavy atom. The number of hydrogen-bond acceptors (Lipinski definition) is 5. The normalized spacial score (nSPS) is 10.8. The molecule has 0 spiro atoms. The highest BCUT2D eigenvalue weighted by atomic mass is 16.5. The Balaban J connectivity index is 1.86. The molecular formula is C15H20N2O3. The third-order valence-corrected chi connectivity index (χ3v) is 2.93. The van der Waals surface area contributed by atoms with Gasteiger partial charge in [0, 0.05) is 49.0 Å². The third-order valence-electron chi connectivity index (χ3n) is 2.93. The van der Waals surface area contributed by atoms with E-state index in [1.54, 1.807) is 19.5 Å². The predicted molar refractivity (Wildman–Crippen MR) is 79.0 cm³/mol. The fraction of sp³-hybridized carbons (Fsp3) is 0.400. The van der Waals surface area contributed by atoms with Crippen molar-refractivity contribution in [1.29, 1.82) is 0 Å². The summed E-state index contributed by atoms with van der Waals surface area (Å²) < 4.78 is 16.1. The van der Waals surface area contributed by atoms with Crippen LogP contribution in [0.1, 0.15) is 6.42 Å². The first-order valence-electron chi connectivity index (χ1n) is 6.64. The van der Waals surface area contributed by atoms with Crippen LogP contribution < -0.4 is 10.5 Å². The van der Waals surface area contributed by atoms with Crippen molar-refractivity contribution in [2.75, 3.05) is 39.3 Å². The molecule has 108 valence electrons. The highest BCUT2D eigenvalue weighted by Crippen LogP contribution is 2.29. The number of nitrogen functional groups attached to an aromatic ring is 1. The molecule has 20 heavy (non-hydrogen) atoms. The Hall–Kier alpha value is -1.85. The zero-order chi connectivity index (χ0) is 14.2. The lowest BCUT2D eigenvalue weighted by molar-refractivity contribution is 0.0645. The zero-order valence-electron chi connectivity index (χ0n) is 11.7. The van der Waals surface area contributed by atoms with E-state index < -0.39 is 0 Å². The first-order valence-corrected chi connectivity index (χ1v) is 6.64. The smallest absolute Gasteiger partial charge is 0.128 e. The van der Waals surface area contributed by atoms with Gasteiger partial charge in [0.2, 0.25) is 0 Å². The van der Waals surface area contributed by atoms with E-state index in [9.17, 15) is 0 Å². The quantitative estimate of drug-likeness (QED) is 0.591. The van der Waals surface area contributed by atoms with Crippen molar-refractivity contribution in [2.24, 2.45) is 0 Å². The number of methoxy groups -OCH3 is 1. The average Bonchev–Trinajstić information content (AvgIpc) is 2.49. The first kappa shape index (κ1) is 14.6. The van der Waals surface area contributed by atoms with Gasteiger partial charge in [-0.2, -0.15) is 0 Å². The van der Waals surface area contributed by atoms with Crippen molar-refractivity contribution in [3.8, 4) is 5.75 Å². The fourth-order valence-corrected chi connectivity index (χ4v) is 1.90. The molecule has 2 aromatic rings. The summed E-state index contributed by atoms with van der Waals surface area (Å²) in [6.45, 7) is 2.50.